The second-order valence-corrected chi connectivity index (χ2v) is 4.51. The SMILES string of the molecule is Nc1cnc2c(Cl)cc(Br)cc2c1Cl. The third-order valence-electron chi connectivity index (χ3n) is 1.85. The molecule has 0 amide bonds. The highest BCUT2D eigenvalue weighted by atomic mass is 79.9. The predicted molar refractivity (Wildman–Crippen MR) is 63.9 cm³/mol. The van der Waals surface area contributed by atoms with E-state index in [2.05, 4.69) is 20.9 Å². The van der Waals surface area contributed by atoms with E-state index in [9.17, 15) is 0 Å². The van der Waals surface area contributed by atoms with Crippen LogP contribution in [0.3, 0.4) is 0 Å². The highest BCUT2D eigenvalue weighted by Crippen LogP contribution is 2.33. The van der Waals surface area contributed by atoms with Crippen LogP contribution in [0.25, 0.3) is 10.9 Å². The number of anilines is 1. The number of aromatic nitrogens is 1. The summed E-state index contributed by atoms with van der Waals surface area (Å²) in [5, 5.41) is 1.79. The maximum atomic E-state index is 6.03. The first-order valence-corrected chi connectivity index (χ1v) is 5.33. The topological polar surface area (TPSA) is 38.9 Å². The molecule has 72 valence electrons. The summed E-state index contributed by atoms with van der Waals surface area (Å²) >= 11 is 15.4. The molecule has 1 aromatic heterocycles. The van der Waals surface area contributed by atoms with E-state index in [0.717, 1.165) is 9.86 Å². The summed E-state index contributed by atoms with van der Waals surface area (Å²) in [6, 6.07) is 3.61. The van der Waals surface area contributed by atoms with Crippen molar-refractivity contribution in [1.29, 1.82) is 0 Å². The van der Waals surface area contributed by atoms with Crippen LogP contribution in [0.4, 0.5) is 5.69 Å². The summed E-state index contributed by atoms with van der Waals surface area (Å²) < 4.78 is 0.851. The van der Waals surface area contributed by atoms with Crippen molar-refractivity contribution in [3.05, 3.63) is 32.8 Å². The van der Waals surface area contributed by atoms with Gasteiger partial charge in [-0.05, 0) is 12.1 Å². The minimum Gasteiger partial charge on any atom is -0.396 e. The predicted octanol–water partition coefficient (Wildman–Crippen LogP) is 3.89. The zero-order chi connectivity index (χ0) is 10.3. The maximum absolute atomic E-state index is 6.03. The Labute approximate surface area is 99.1 Å². The maximum Gasteiger partial charge on any atom is 0.0905 e. The van der Waals surface area contributed by atoms with E-state index in [1.165, 1.54) is 6.20 Å². The van der Waals surface area contributed by atoms with Crippen LogP contribution < -0.4 is 5.73 Å². The summed E-state index contributed by atoms with van der Waals surface area (Å²) in [6.07, 6.45) is 1.50. The summed E-state index contributed by atoms with van der Waals surface area (Å²) in [6.45, 7) is 0. The van der Waals surface area contributed by atoms with Gasteiger partial charge in [0.1, 0.15) is 0 Å². The van der Waals surface area contributed by atoms with Gasteiger partial charge in [0, 0.05) is 9.86 Å². The van der Waals surface area contributed by atoms with Gasteiger partial charge in [0.05, 0.1) is 27.4 Å². The molecular formula is C9H5BrCl2N2. The van der Waals surface area contributed by atoms with Crippen molar-refractivity contribution in [2.24, 2.45) is 0 Å². The normalized spacial score (nSPS) is 10.8. The second kappa shape index (κ2) is 3.57. The summed E-state index contributed by atoms with van der Waals surface area (Å²) in [5.74, 6) is 0. The number of fused-ring (bicyclic) bond motifs is 1. The number of hydrogen-bond donors (Lipinski definition) is 1. The lowest BCUT2D eigenvalue weighted by molar-refractivity contribution is 1.41. The van der Waals surface area contributed by atoms with Crippen molar-refractivity contribution in [2.45, 2.75) is 0 Å². The van der Waals surface area contributed by atoms with E-state index in [0.29, 0.717) is 21.2 Å². The minimum atomic E-state index is 0.452. The van der Waals surface area contributed by atoms with Gasteiger partial charge in [0.25, 0.3) is 0 Å². The zero-order valence-corrected chi connectivity index (χ0v) is 9.99. The average molecular weight is 292 g/mol. The van der Waals surface area contributed by atoms with E-state index in [1.54, 1.807) is 6.07 Å². The molecule has 1 heterocycles. The molecule has 2 rings (SSSR count). The summed E-state index contributed by atoms with van der Waals surface area (Å²) in [4.78, 5) is 4.12. The molecule has 14 heavy (non-hydrogen) atoms. The Morgan fingerprint density at radius 3 is 2.71 bits per heavy atom. The van der Waals surface area contributed by atoms with Crippen LogP contribution in [0.5, 0.6) is 0 Å². The van der Waals surface area contributed by atoms with E-state index in [4.69, 9.17) is 28.9 Å². The molecule has 2 aromatic rings. The molecule has 0 atom stereocenters. The molecule has 1 aromatic carbocycles. The lowest BCUT2D eigenvalue weighted by Crippen LogP contribution is -1.90. The highest BCUT2D eigenvalue weighted by Gasteiger charge is 2.08. The van der Waals surface area contributed by atoms with Crippen LogP contribution in [0.15, 0.2) is 22.8 Å². The molecular weight excluding hydrogens is 287 g/mol. The summed E-state index contributed by atoms with van der Waals surface area (Å²) in [5.41, 5.74) is 6.75. The van der Waals surface area contributed by atoms with Gasteiger partial charge in [-0.2, -0.15) is 0 Å². The van der Waals surface area contributed by atoms with Crippen LogP contribution in [0.2, 0.25) is 10.0 Å². The smallest absolute Gasteiger partial charge is 0.0905 e. The Balaban J connectivity index is 2.95. The number of benzene rings is 1. The van der Waals surface area contributed by atoms with Crippen molar-refractivity contribution in [2.75, 3.05) is 5.73 Å². The third-order valence-corrected chi connectivity index (χ3v) is 3.02. The van der Waals surface area contributed by atoms with Gasteiger partial charge in [0.2, 0.25) is 0 Å². The fourth-order valence-corrected chi connectivity index (χ4v) is 2.26. The lowest BCUT2D eigenvalue weighted by Gasteiger charge is -2.04. The first-order valence-electron chi connectivity index (χ1n) is 3.78. The number of nitrogens with zero attached hydrogens (tertiary/aromatic N) is 1. The van der Waals surface area contributed by atoms with E-state index in [-0.39, 0.29) is 0 Å². The van der Waals surface area contributed by atoms with Crippen molar-refractivity contribution in [3.63, 3.8) is 0 Å². The quantitative estimate of drug-likeness (QED) is 0.800. The van der Waals surface area contributed by atoms with Crippen LogP contribution in [0, 0.1) is 0 Å². The molecule has 0 radical (unpaired) electrons. The van der Waals surface area contributed by atoms with Gasteiger partial charge < -0.3 is 5.73 Å². The number of nitrogens with two attached hydrogens (primary N) is 1. The molecule has 0 aliphatic rings. The van der Waals surface area contributed by atoms with Crippen molar-refractivity contribution in [3.8, 4) is 0 Å². The first kappa shape index (κ1) is 10.0. The molecule has 0 spiro atoms. The van der Waals surface area contributed by atoms with Crippen molar-refractivity contribution < 1.29 is 0 Å². The molecule has 0 saturated carbocycles. The van der Waals surface area contributed by atoms with Gasteiger partial charge in [-0.25, -0.2) is 0 Å². The monoisotopic (exact) mass is 290 g/mol. The Bertz CT molecular complexity index is 514. The Morgan fingerprint density at radius 2 is 2.00 bits per heavy atom. The molecule has 0 bridgehead atoms. The number of hydrogen-bond acceptors (Lipinski definition) is 2. The zero-order valence-electron chi connectivity index (χ0n) is 6.89. The molecule has 0 aliphatic carbocycles. The molecule has 0 aliphatic heterocycles. The molecule has 0 saturated heterocycles. The average Bonchev–Trinajstić information content (AvgIpc) is 2.12. The lowest BCUT2D eigenvalue weighted by atomic mass is 10.2. The van der Waals surface area contributed by atoms with Gasteiger partial charge in [-0.15, -0.1) is 0 Å². The minimum absolute atomic E-state index is 0.452. The first-order chi connectivity index (χ1) is 6.59. The number of nitrogen functional groups attached to an aromatic ring is 1. The number of pyridine rings is 1. The number of rotatable bonds is 0. The van der Waals surface area contributed by atoms with Gasteiger partial charge in [-0.1, -0.05) is 39.1 Å². The summed E-state index contributed by atoms with van der Waals surface area (Å²) in [7, 11) is 0. The Hall–Kier alpha value is -0.510. The van der Waals surface area contributed by atoms with Gasteiger partial charge >= 0.3 is 0 Å². The fourth-order valence-electron chi connectivity index (χ4n) is 1.21. The van der Waals surface area contributed by atoms with E-state index >= 15 is 0 Å². The second-order valence-electron chi connectivity index (χ2n) is 2.81. The van der Waals surface area contributed by atoms with Crippen LogP contribution in [0.1, 0.15) is 0 Å². The Morgan fingerprint density at radius 1 is 1.29 bits per heavy atom. The molecule has 2 N–H and O–H groups in total. The van der Waals surface area contributed by atoms with Crippen LogP contribution in [-0.2, 0) is 0 Å². The fraction of sp³-hybridized carbons (Fsp3) is 0. The molecule has 2 nitrogen and oxygen atoms in total. The van der Waals surface area contributed by atoms with E-state index in [1.807, 2.05) is 6.07 Å². The van der Waals surface area contributed by atoms with Crippen molar-refractivity contribution >= 4 is 55.7 Å². The van der Waals surface area contributed by atoms with Crippen molar-refractivity contribution in [1.82, 2.24) is 4.98 Å². The van der Waals surface area contributed by atoms with E-state index < -0.39 is 0 Å². The van der Waals surface area contributed by atoms with Crippen LogP contribution in [-0.4, -0.2) is 4.98 Å². The third kappa shape index (κ3) is 1.56. The Kier molecular flexibility index (Phi) is 2.56. The van der Waals surface area contributed by atoms with Gasteiger partial charge in [0.15, 0.2) is 0 Å². The van der Waals surface area contributed by atoms with Crippen LogP contribution >= 0.6 is 39.1 Å². The largest absolute Gasteiger partial charge is 0.396 e. The number of halogens is 3. The standard InChI is InChI=1S/C9H5BrCl2N2/c10-4-1-5-8(12)7(13)3-14-9(5)6(11)2-4/h1-3H,13H2. The highest BCUT2D eigenvalue weighted by molar-refractivity contribution is 9.10. The molecule has 5 heteroatoms. The van der Waals surface area contributed by atoms with Gasteiger partial charge in [-0.3, -0.25) is 4.98 Å². The molecule has 0 unspecified atom stereocenters. The molecule has 0 fully saturated rings.